The van der Waals surface area contributed by atoms with Gasteiger partial charge in [0.05, 0.1) is 43.5 Å². The van der Waals surface area contributed by atoms with E-state index in [0.29, 0.717) is 0 Å². The summed E-state index contributed by atoms with van der Waals surface area (Å²) in [6.07, 6.45) is -2.22. The number of likely N-dealkylation sites (tertiary alicyclic amines) is 1. The Balaban J connectivity index is 2.10. The van der Waals surface area contributed by atoms with Crippen molar-refractivity contribution in [1.82, 2.24) is 4.90 Å². The molecule has 1 unspecified atom stereocenters. The summed E-state index contributed by atoms with van der Waals surface area (Å²) in [6, 6.07) is 17.8. The molecule has 1 saturated heterocycles. The lowest BCUT2D eigenvalue weighted by molar-refractivity contribution is 0.0130. The summed E-state index contributed by atoms with van der Waals surface area (Å²) < 4.78 is 0. The van der Waals surface area contributed by atoms with Crippen molar-refractivity contribution in [2.45, 2.75) is 30.3 Å². The van der Waals surface area contributed by atoms with Crippen molar-refractivity contribution < 1.29 is 20.4 Å². The number of aliphatic hydroxyl groups excluding tert-OH is 4. The molecule has 0 radical (unpaired) electrons. The lowest BCUT2D eigenvalue weighted by atomic mass is 9.95. The molecule has 0 bridgehead atoms. The third kappa shape index (κ3) is 2.97. The van der Waals surface area contributed by atoms with Gasteiger partial charge in [-0.1, -0.05) is 60.7 Å². The lowest BCUT2D eigenvalue weighted by Crippen LogP contribution is -2.45. The molecule has 4 atom stereocenters. The smallest absolute Gasteiger partial charge is 0.0992 e. The summed E-state index contributed by atoms with van der Waals surface area (Å²) in [7, 11) is 0. The summed E-state index contributed by atoms with van der Waals surface area (Å²) in [5, 5.41) is 40.2. The molecule has 3 rings (SSSR count). The fraction of sp³-hybridized carbons (Fsp3) is 0.368. The van der Waals surface area contributed by atoms with Crippen LogP contribution in [0.4, 0.5) is 0 Å². The van der Waals surface area contributed by atoms with Crippen molar-refractivity contribution in [3.8, 4) is 0 Å². The van der Waals surface area contributed by atoms with E-state index in [1.54, 1.807) is 0 Å². The summed E-state index contributed by atoms with van der Waals surface area (Å²) >= 11 is 0. The van der Waals surface area contributed by atoms with Crippen molar-refractivity contribution in [2.24, 2.45) is 0 Å². The highest BCUT2D eigenvalue weighted by molar-refractivity contribution is 5.33. The summed E-state index contributed by atoms with van der Waals surface area (Å²) in [5.74, 6) is 0. The molecule has 1 fully saturated rings. The van der Waals surface area contributed by atoms with Crippen molar-refractivity contribution in [2.75, 3.05) is 13.2 Å². The predicted octanol–water partition coefficient (Wildman–Crippen LogP) is 0.535. The first-order valence-corrected chi connectivity index (χ1v) is 8.14. The standard InChI is InChI=1S/C19H23NO4/c21-11-15-18(23)19(24)16(12-22)20(15)17(13-7-3-1-4-8-13)14-9-5-2-6-10-14/h1-10,15-19,21-24H,11-12H2/t15-,16+,18-,19?/m1/s1. The van der Waals surface area contributed by atoms with Gasteiger partial charge in [-0.15, -0.1) is 0 Å². The monoisotopic (exact) mass is 329 g/mol. The Morgan fingerprint density at radius 3 is 1.42 bits per heavy atom. The van der Waals surface area contributed by atoms with Gasteiger partial charge in [-0.25, -0.2) is 0 Å². The quantitative estimate of drug-likeness (QED) is 0.643. The van der Waals surface area contributed by atoms with Crippen molar-refractivity contribution in [3.63, 3.8) is 0 Å². The van der Waals surface area contributed by atoms with E-state index in [1.807, 2.05) is 65.6 Å². The molecule has 1 aliphatic rings. The number of rotatable bonds is 5. The van der Waals surface area contributed by atoms with Gasteiger partial charge in [0.1, 0.15) is 0 Å². The van der Waals surface area contributed by atoms with Crippen LogP contribution in [0.1, 0.15) is 17.2 Å². The largest absolute Gasteiger partial charge is 0.395 e. The second-order valence-corrected chi connectivity index (χ2v) is 6.15. The summed E-state index contributed by atoms with van der Waals surface area (Å²) in [5.41, 5.74) is 1.95. The van der Waals surface area contributed by atoms with Crippen LogP contribution in [-0.4, -0.2) is 62.8 Å². The van der Waals surface area contributed by atoms with Gasteiger partial charge in [0.15, 0.2) is 0 Å². The fourth-order valence-corrected chi connectivity index (χ4v) is 3.65. The Labute approximate surface area is 141 Å². The minimum absolute atomic E-state index is 0.284. The topological polar surface area (TPSA) is 84.2 Å². The van der Waals surface area contributed by atoms with E-state index in [2.05, 4.69) is 0 Å². The van der Waals surface area contributed by atoms with Crippen LogP contribution in [0.2, 0.25) is 0 Å². The second kappa shape index (κ2) is 7.42. The lowest BCUT2D eigenvalue weighted by Gasteiger charge is -2.37. The SMILES string of the molecule is OC[C@@H]1[C@@H](O)C(O)[C@H](CO)N1C(c1ccccc1)c1ccccc1. The molecule has 5 nitrogen and oxygen atoms in total. The first-order chi connectivity index (χ1) is 11.7. The Morgan fingerprint density at radius 2 is 1.08 bits per heavy atom. The van der Waals surface area contributed by atoms with Crippen LogP contribution in [0.15, 0.2) is 60.7 Å². The number of benzene rings is 2. The number of aliphatic hydroxyl groups is 4. The van der Waals surface area contributed by atoms with Crippen LogP contribution >= 0.6 is 0 Å². The molecule has 1 aliphatic heterocycles. The highest BCUT2D eigenvalue weighted by atomic mass is 16.3. The van der Waals surface area contributed by atoms with E-state index < -0.39 is 24.3 Å². The van der Waals surface area contributed by atoms with Crippen LogP contribution in [-0.2, 0) is 0 Å². The van der Waals surface area contributed by atoms with Crippen molar-refractivity contribution in [3.05, 3.63) is 71.8 Å². The molecule has 2 aromatic rings. The third-order valence-corrected chi connectivity index (χ3v) is 4.81. The molecule has 2 aromatic carbocycles. The van der Waals surface area contributed by atoms with E-state index in [1.165, 1.54) is 0 Å². The highest BCUT2D eigenvalue weighted by Gasteiger charge is 2.50. The van der Waals surface area contributed by atoms with Gasteiger partial charge in [-0.2, -0.15) is 0 Å². The molecular weight excluding hydrogens is 306 g/mol. The molecule has 4 N–H and O–H groups in total. The van der Waals surface area contributed by atoms with Gasteiger partial charge < -0.3 is 20.4 Å². The molecule has 5 heteroatoms. The van der Waals surface area contributed by atoms with Crippen LogP contribution in [0.5, 0.6) is 0 Å². The zero-order valence-electron chi connectivity index (χ0n) is 13.3. The molecule has 24 heavy (non-hydrogen) atoms. The average molecular weight is 329 g/mol. The van der Waals surface area contributed by atoms with E-state index in [4.69, 9.17) is 0 Å². The van der Waals surface area contributed by atoms with Crippen molar-refractivity contribution in [1.29, 1.82) is 0 Å². The zero-order chi connectivity index (χ0) is 17.1. The van der Waals surface area contributed by atoms with Gasteiger partial charge in [0, 0.05) is 0 Å². The minimum Gasteiger partial charge on any atom is -0.395 e. The van der Waals surface area contributed by atoms with E-state index in [9.17, 15) is 20.4 Å². The average Bonchev–Trinajstić information content (AvgIpc) is 2.87. The van der Waals surface area contributed by atoms with Crippen LogP contribution in [0, 0.1) is 0 Å². The van der Waals surface area contributed by atoms with Gasteiger partial charge >= 0.3 is 0 Å². The minimum atomic E-state index is -1.11. The Hall–Kier alpha value is -1.76. The molecule has 0 saturated carbocycles. The van der Waals surface area contributed by atoms with Gasteiger partial charge in [0.2, 0.25) is 0 Å². The number of hydrogen-bond acceptors (Lipinski definition) is 5. The van der Waals surface area contributed by atoms with Crippen LogP contribution in [0.3, 0.4) is 0 Å². The normalized spacial score (nSPS) is 27.7. The number of nitrogens with zero attached hydrogens (tertiary/aromatic N) is 1. The van der Waals surface area contributed by atoms with Gasteiger partial charge in [0.25, 0.3) is 0 Å². The number of hydrogen-bond donors (Lipinski definition) is 4. The van der Waals surface area contributed by atoms with E-state index in [0.717, 1.165) is 11.1 Å². The van der Waals surface area contributed by atoms with Gasteiger partial charge in [-0.3, -0.25) is 4.90 Å². The molecule has 0 aliphatic carbocycles. The molecular formula is C19H23NO4. The maximum Gasteiger partial charge on any atom is 0.0992 e. The highest BCUT2D eigenvalue weighted by Crippen LogP contribution is 2.38. The van der Waals surface area contributed by atoms with E-state index in [-0.39, 0.29) is 19.3 Å². The first kappa shape index (κ1) is 17.1. The molecule has 0 spiro atoms. The fourth-order valence-electron chi connectivity index (χ4n) is 3.65. The molecule has 1 heterocycles. The Morgan fingerprint density at radius 1 is 0.708 bits per heavy atom. The third-order valence-electron chi connectivity index (χ3n) is 4.81. The predicted molar refractivity (Wildman–Crippen MR) is 90.3 cm³/mol. The Bertz CT molecular complexity index is 581. The molecule has 128 valence electrons. The van der Waals surface area contributed by atoms with E-state index >= 15 is 0 Å². The molecule has 0 aromatic heterocycles. The second-order valence-electron chi connectivity index (χ2n) is 6.15. The summed E-state index contributed by atoms with van der Waals surface area (Å²) in [6.45, 7) is -0.601. The van der Waals surface area contributed by atoms with Crippen LogP contribution in [0.25, 0.3) is 0 Å². The van der Waals surface area contributed by atoms with Gasteiger partial charge in [-0.05, 0) is 11.1 Å². The zero-order valence-corrected chi connectivity index (χ0v) is 13.3. The van der Waals surface area contributed by atoms with Crippen molar-refractivity contribution >= 4 is 0 Å². The summed E-state index contributed by atoms with van der Waals surface area (Å²) in [4.78, 5) is 1.83. The maximum absolute atomic E-state index is 10.3. The first-order valence-electron chi connectivity index (χ1n) is 8.14. The van der Waals surface area contributed by atoms with Crippen LogP contribution < -0.4 is 0 Å². The maximum atomic E-state index is 10.3. The molecule has 0 amide bonds. The Kier molecular flexibility index (Phi) is 5.28.